The molecule has 0 bridgehead atoms. The van der Waals surface area contributed by atoms with E-state index in [1.54, 1.807) is 27.7 Å². The van der Waals surface area contributed by atoms with E-state index in [-0.39, 0.29) is 6.61 Å². The van der Waals surface area contributed by atoms with Gasteiger partial charge in [0.25, 0.3) is 0 Å². The number of carbonyl (C=O) groups is 1. The highest BCUT2D eigenvalue weighted by molar-refractivity contribution is 6.65. The molecule has 7 heteroatoms. The molecule has 0 aliphatic carbocycles. The van der Waals surface area contributed by atoms with Crippen LogP contribution in [0.25, 0.3) is 0 Å². The lowest BCUT2D eigenvalue weighted by atomic mass is 10.7. The summed E-state index contributed by atoms with van der Waals surface area (Å²) in [6.45, 7) is 8.26. The van der Waals surface area contributed by atoms with Gasteiger partial charge in [-0.3, -0.25) is 0 Å². The summed E-state index contributed by atoms with van der Waals surface area (Å²) in [6, 6.07) is 0. The van der Waals surface area contributed by atoms with E-state index in [1.165, 1.54) is 0 Å². The van der Waals surface area contributed by atoms with Gasteiger partial charge < -0.3 is 23.1 Å². The molecule has 6 nitrogen and oxygen atoms in total. The van der Waals surface area contributed by atoms with Crippen molar-refractivity contribution in [1.82, 2.24) is 0 Å². The van der Waals surface area contributed by atoms with Crippen molar-refractivity contribution in [2.24, 2.45) is 0 Å². The molecule has 0 saturated heterocycles. The smallest absolute Gasteiger partial charge is 0.479 e. The Morgan fingerprint density at radius 1 is 1.00 bits per heavy atom. The fraction of sp³-hybridized carbons (Fsp3) is 0.900. The molecule has 0 spiro atoms. The maximum atomic E-state index is 11.2. The van der Waals surface area contributed by atoms with E-state index in [2.05, 4.69) is 0 Å². The average Bonchev–Trinajstić information content (AvgIpc) is 2.26. The summed E-state index contributed by atoms with van der Waals surface area (Å²) < 4.78 is 21.6. The number of aliphatic carboxylic acids is 1. The largest absolute Gasteiger partial charge is 0.543 e. The maximum absolute atomic E-state index is 11.2. The zero-order chi connectivity index (χ0) is 13.3. The van der Waals surface area contributed by atoms with Crippen molar-refractivity contribution in [3.8, 4) is 0 Å². The van der Waals surface area contributed by atoms with Crippen LogP contribution in [0.3, 0.4) is 0 Å². The van der Waals surface area contributed by atoms with E-state index in [1.807, 2.05) is 0 Å². The minimum Gasteiger partial charge on any atom is -0.479 e. The van der Waals surface area contributed by atoms with Gasteiger partial charge in [0.2, 0.25) is 5.73 Å². The Labute approximate surface area is 103 Å². The van der Waals surface area contributed by atoms with E-state index in [4.69, 9.17) is 18.0 Å². The van der Waals surface area contributed by atoms with Gasteiger partial charge in [0.05, 0.1) is 0 Å². The standard InChI is InChI=1S/C10H22O6Si/c1-5-13-10(9(11)12)17(14-6-2,15-7-3)16-8-4/h10H,5-8H2,1-4H3,(H,11,12). The molecule has 0 radical (unpaired) electrons. The van der Waals surface area contributed by atoms with E-state index >= 15 is 0 Å². The van der Waals surface area contributed by atoms with E-state index in [0.29, 0.717) is 19.8 Å². The third kappa shape index (κ3) is 4.72. The zero-order valence-corrected chi connectivity index (χ0v) is 11.9. The predicted octanol–water partition coefficient (Wildman–Crippen LogP) is 1.06. The first-order valence-corrected chi connectivity index (χ1v) is 7.64. The molecule has 0 amide bonds. The van der Waals surface area contributed by atoms with Crippen molar-refractivity contribution in [2.45, 2.75) is 33.4 Å². The van der Waals surface area contributed by atoms with Crippen LogP contribution in [0.15, 0.2) is 0 Å². The molecule has 102 valence electrons. The molecule has 0 rings (SSSR count). The minimum atomic E-state index is -3.33. The summed E-state index contributed by atoms with van der Waals surface area (Å²) in [4.78, 5) is 11.2. The van der Waals surface area contributed by atoms with Crippen molar-refractivity contribution in [3.05, 3.63) is 0 Å². The highest BCUT2D eigenvalue weighted by Gasteiger charge is 2.54. The van der Waals surface area contributed by atoms with Gasteiger partial charge in [-0.25, -0.2) is 4.79 Å². The van der Waals surface area contributed by atoms with Crippen LogP contribution < -0.4 is 0 Å². The highest BCUT2D eigenvalue weighted by Crippen LogP contribution is 2.18. The summed E-state index contributed by atoms with van der Waals surface area (Å²) in [5.41, 5.74) is -1.17. The second-order valence-corrected chi connectivity index (χ2v) is 5.67. The van der Waals surface area contributed by atoms with Gasteiger partial charge in [-0.15, -0.1) is 0 Å². The lowest BCUT2D eigenvalue weighted by Gasteiger charge is -2.32. The summed E-state index contributed by atoms with van der Waals surface area (Å²) in [6.07, 6.45) is 0. The summed E-state index contributed by atoms with van der Waals surface area (Å²) in [5, 5.41) is 9.19. The summed E-state index contributed by atoms with van der Waals surface area (Å²) >= 11 is 0. The lowest BCUT2D eigenvalue weighted by molar-refractivity contribution is -0.149. The van der Waals surface area contributed by atoms with E-state index < -0.39 is 20.5 Å². The first-order valence-electron chi connectivity index (χ1n) is 5.84. The van der Waals surface area contributed by atoms with Crippen LogP contribution in [0.5, 0.6) is 0 Å². The molecule has 0 aliphatic rings. The van der Waals surface area contributed by atoms with Crippen LogP contribution in [0.1, 0.15) is 27.7 Å². The molecule has 0 saturated carbocycles. The number of hydrogen-bond acceptors (Lipinski definition) is 5. The zero-order valence-electron chi connectivity index (χ0n) is 10.9. The number of carboxylic acids is 1. The van der Waals surface area contributed by atoms with Crippen molar-refractivity contribution in [1.29, 1.82) is 0 Å². The fourth-order valence-electron chi connectivity index (χ4n) is 1.45. The Balaban J connectivity index is 5.08. The number of ether oxygens (including phenoxy) is 1. The quantitative estimate of drug-likeness (QED) is 0.596. The maximum Gasteiger partial charge on any atom is 0.543 e. The fourth-order valence-corrected chi connectivity index (χ4v) is 4.03. The Morgan fingerprint density at radius 2 is 1.41 bits per heavy atom. The first-order chi connectivity index (χ1) is 8.07. The monoisotopic (exact) mass is 266 g/mol. The molecule has 0 aromatic carbocycles. The average molecular weight is 266 g/mol. The van der Waals surface area contributed by atoms with Crippen LogP contribution >= 0.6 is 0 Å². The molecule has 0 aromatic heterocycles. The highest BCUT2D eigenvalue weighted by atomic mass is 28.4. The topological polar surface area (TPSA) is 74.2 Å². The second-order valence-electron chi connectivity index (χ2n) is 3.08. The van der Waals surface area contributed by atoms with Crippen LogP contribution in [-0.4, -0.2) is 52.0 Å². The van der Waals surface area contributed by atoms with E-state index in [9.17, 15) is 9.90 Å². The van der Waals surface area contributed by atoms with Gasteiger partial charge in [-0.2, -0.15) is 0 Å². The Kier molecular flexibility index (Phi) is 8.35. The van der Waals surface area contributed by atoms with Gasteiger partial charge in [0.1, 0.15) is 0 Å². The second kappa shape index (κ2) is 8.59. The van der Waals surface area contributed by atoms with Crippen molar-refractivity contribution in [2.75, 3.05) is 26.4 Å². The first kappa shape index (κ1) is 16.5. The molecule has 0 aliphatic heterocycles. The molecular weight excluding hydrogens is 244 g/mol. The summed E-state index contributed by atoms with van der Waals surface area (Å²) in [5.74, 6) is -1.12. The van der Waals surface area contributed by atoms with Crippen LogP contribution in [0, 0.1) is 0 Å². The van der Waals surface area contributed by atoms with Crippen LogP contribution in [0.4, 0.5) is 0 Å². The number of hydrogen-bond donors (Lipinski definition) is 1. The Morgan fingerprint density at radius 3 is 1.65 bits per heavy atom. The molecule has 1 unspecified atom stereocenters. The van der Waals surface area contributed by atoms with Crippen molar-refractivity contribution >= 4 is 14.8 Å². The predicted molar refractivity (Wildman–Crippen MR) is 63.7 cm³/mol. The molecule has 0 heterocycles. The van der Waals surface area contributed by atoms with Gasteiger partial charge >= 0.3 is 14.8 Å². The van der Waals surface area contributed by atoms with E-state index in [0.717, 1.165) is 0 Å². The van der Waals surface area contributed by atoms with Gasteiger partial charge in [0, 0.05) is 26.4 Å². The number of rotatable bonds is 10. The molecular formula is C10H22O6Si. The lowest BCUT2D eigenvalue weighted by Crippen LogP contribution is -2.60. The third-order valence-electron chi connectivity index (χ3n) is 1.92. The van der Waals surface area contributed by atoms with Crippen LogP contribution in [-0.2, 0) is 22.8 Å². The molecule has 1 atom stereocenters. The molecule has 17 heavy (non-hydrogen) atoms. The van der Waals surface area contributed by atoms with Crippen molar-refractivity contribution < 1.29 is 27.9 Å². The van der Waals surface area contributed by atoms with Crippen molar-refractivity contribution in [3.63, 3.8) is 0 Å². The normalized spacial score (nSPS) is 13.6. The summed E-state index contributed by atoms with van der Waals surface area (Å²) in [7, 11) is -3.33. The molecule has 1 N–H and O–H groups in total. The number of carboxylic acid groups (broad SMARTS) is 1. The van der Waals surface area contributed by atoms with Gasteiger partial charge in [-0.05, 0) is 27.7 Å². The van der Waals surface area contributed by atoms with Gasteiger partial charge in [0.15, 0.2) is 0 Å². The molecule has 0 fully saturated rings. The van der Waals surface area contributed by atoms with Crippen LogP contribution in [0.2, 0.25) is 0 Å². The Bertz CT molecular complexity index is 206. The minimum absolute atomic E-state index is 0.263. The SMILES string of the molecule is CCOC(C(=O)O)[Si](OCC)(OCC)OCC. The third-order valence-corrected chi connectivity index (χ3v) is 5.04. The van der Waals surface area contributed by atoms with Gasteiger partial charge in [-0.1, -0.05) is 0 Å². The molecule has 0 aromatic rings. The Hall–Kier alpha value is -0.473.